The van der Waals surface area contributed by atoms with Crippen LogP contribution in [-0.4, -0.2) is 14.7 Å². The summed E-state index contributed by atoms with van der Waals surface area (Å²) in [5.74, 6) is -1.73. The van der Waals surface area contributed by atoms with Crippen molar-refractivity contribution in [3.63, 3.8) is 0 Å². The highest BCUT2D eigenvalue weighted by Crippen LogP contribution is 2.38. The van der Waals surface area contributed by atoms with Crippen molar-refractivity contribution < 1.29 is 17.2 Å². The maximum atomic E-state index is 14.5. The molecule has 2 nitrogen and oxygen atoms in total. The van der Waals surface area contributed by atoms with Crippen LogP contribution in [0.1, 0.15) is 23.1 Å². The second-order valence-corrected chi connectivity index (χ2v) is 8.39. The lowest BCUT2D eigenvalue weighted by Crippen LogP contribution is -2.04. The third kappa shape index (κ3) is 3.39. The number of hydrogen-bond donors (Lipinski definition) is 0. The number of rotatable bonds is 3. The van der Waals surface area contributed by atoms with Crippen molar-refractivity contribution in [2.24, 2.45) is 0 Å². The Balaban J connectivity index is 2.18. The zero-order chi connectivity index (χ0) is 18.4. The fourth-order valence-electron chi connectivity index (χ4n) is 2.84. The van der Waals surface area contributed by atoms with Crippen LogP contribution in [0.3, 0.4) is 0 Å². The van der Waals surface area contributed by atoms with Crippen LogP contribution in [0, 0.1) is 18.6 Å². The van der Waals surface area contributed by atoms with Crippen LogP contribution in [0.4, 0.5) is 8.78 Å². The predicted octanol–water partition coefficient (Wildman–Crippen LogP) is 5.20. The Kier molecular flexibility index (Phi) is 4.56. The van der Waals surface area contributed by atoms with Gasteiger partial charge < -0.3 is 0 Å². The monoisotopic (exact) mass is 380 g/mol. The average Bonchev–Trinajstić information content (AvgIpc) is 3.00. The smallest absolute Gasteiger partial charge is 0.178 e. The minimum atomic E-state index is -3.84. The average molecular weight is 381 g/mol. The number of benzene rings is 2. The van der Waals surface area contributed by atoms with Crippen LogP contribution in [0.15, 0.2) is 47.4 Å². The van der Waals surface area contributed by atoms with Gasteiger partial charge in [0, 0.05) is 16.8 Å². The van der Waals surface area contributed by atoms with Gasteiger partial charge in [0.05, 0.1) is 0 Å². The molecular weight excluding hydrogens is 366 g/mol. The molecule has 0 N–H and O–H groups in total. The molecule has 3 rings (SSSR count). The van der Waals surface area contributed by atoms with Gasteiger partial charge in [0.1, 0.15) is 16.5 Å². The van der Waals surface area contributed by atoms with Gasteiger partial charge in [-0.1, -0.05) is 35.9 Å². The zero-order valence-corrected chi connectivity index (χ0v) is 15.2. The molecule has 1 aliphatic rings. The molecule has 1 aliphatic carbocycles. The highest BCUT2D eigenvalue weighted by molar-refractivity contribution is 7.90. The second-order valence-electron chi connectivity index (χ2n) is 6.00. The number of aryl methyl sites for hydroxylation is 1. The van der Waals surface area contributed by atoms with Gasteiger partial charge in [-0.3, -0.25) is 0 Å². The van der Waals surface area contributed by atoms with E-state index in [0.29, 0.717) is 17.0 Å². The molecule has 0 aromatic heterocycles. The third-order valence-corrected chi connectivity index (χ3v) is 5.68. The first-order valence-corrected chi connectivity index (χ1v) is 9.81. The van der Waals surface area contributed by atoms with E-state index in [2.05, 4.69) is 0 Å². The van der Waals surface area contributed by atoms with Crippen LogP contribution in [0.25, 0.3) is 11.1 Å². The Morgan fingerprint density at radius 2 is 1.80 bits per heavy atom. The summed E-state index contributed by atoms with van der Waals surface area (Å²) in [5.41, 5.74) is 3.11. The van der Waals surface area contributed by atoms with E-state index in [9.17, 15) is 17.2 Å². The summed E-state index contributed by atoms with van der Waals surface area (Å²) >= 11 is 6.17. The Hall–Kier alpha value is -1.98. The van der Waals surface area contributed by atoms with Crippen molar-refractivity contribution in [3.8, 4) is 0 Å². The first kappa shape index (κ1) is 17.8. The summed E-state index contributed by atoms with van der Waals surface area (Å²) in [7, 11) is -3.84. The van der Waals surface area contributed by atoms with Gasteiger partial charge in [0.2, 0.25) is 0 Å². The molecule has 0 aliphatic heterocycles. The maximum Gasteiger partial charge on any atom is 0.178 e. The van der Waals surface area contributed by atoms with Crippen molar-refractivity contribution in [1.29, 1.82) is 0 Å². The van der Waals surface area contributed by atoms with E-state index in [-0.39, 0.29) is 5.56 Å². The van der Waals surface area contributed by atoms with E-state index in [0.717, 1.165) is 35.1 Å². The van der Waals surface area contributed by atoms with Gasteiger partial charge in [0.25, 0.3) is 0 Å². The van der Waals surface area contributed by atoms with Gasteiger partial charge in [-0.2, -0.15) is 0 Å². The first-order chi connectivity index (χ1) is 11.7. The van der Waals surface area contributed by atoms with Gasteiger partial charge in [-0.15, -0.1) is 0 Å². The SMILES string of the molecule is Cc1ccc(C2=C(c3cc(F)c(S(C)(=O)=O)cc3F)CC=C2)cc1Cl. The molecular formula is C19H15ClF2O2S. The number of sulfone groups is 1. The molecule has 0 bridgehead atoms. The lowest BCUT2D eigenvalue weighted by atomic mass is 9.95. The molecule has 0 fully saturated rings. The minimum absolute atomic E-state index is 0.0570. The van der Waals surface area contributed by atoms with E-state index in [1.54, 1.807) is 6.07 Å². The molecule has 0 unspecified atom stereocenters. The summed E-state index contributed by atoms with van der Waals surface area (Å²) in [6.45, 7) is 1.88. The van der Waals surface area contributed by atoms with Crippen LogP contribution >= 0.6 is 11.6 Å². The van der Waals surface area contributed by atoms with Gasteiger partial charge >= 0.3 is 0 Å². The number of hydrogen-bond acceptors (Lipinski definition) is 2. The third-order valence-electron chi connectivity index (χ3n) is 4.16. The minimum Gasteiger partial charge on any atom is -0.224 e. The molecule has 0 atom stereocenters. The Morgan fingerprint density at radius 3 is 2.44 bits per heavy atom. The fraction of sp³-hybridized carbons (Fsp3) is 0.158. The molecule has 0 saturated carbocycles. The van der Waals surface area contributed by atoms with Crippen LogP contribution < -0.4 is 0 Å². The molecule has 130 valence electrons. The summed E-state index contributed by atoms with van der Waals surface area (Å²) in [6, 6.07) is 7.19. The maximum absolute atomic E-state index is 14.5. The van der Waals surface area contributed by atoms with E-state index in [4.69, 9.17) is 11.6 Å². The zero-order valence-electron chi connectivity index (χ0n) is 13.6. The Labute approximate surface area is 150 Å². The number of halogens is 3. The molecule has 0 radical (unpaired) electrons. The molecule has 0 amide bonds. The fourth-order valence-corrected chi connectivity index (χ4v) is 3.75. The van der Waals surface area contributed by atoms with Crippen molar-refractivity contribution in [2.45, 2.75) is 18.2 Å². The van der Waals surface area contributed by atoms with Gasteiger partial charge in [-0.05, 0) is 53.8 Å². The molecule has 25 heavy (non-hydrogen) atoms. The van der Waals surface area contributed by atoms with E-state index in [1.165, 1.54) is 0 Å². The van der Waals surface area contributed by atoms with Gasteiger partial charge in [0.15, 0.2) is 9.84 Å². The van der Waals surface area contributed by atoms with E-state index >= 15 is 0 Å². The summed E-state index contributed by atoms with van der Waals surface area (Å²) in [6.07, 6.45) is 4.95. The predicted molar refractivity (Wildman–Crippen MR) is 96.2 cm³/mol. The molecule has 0 spiro atoms. The Morgan fingerprint density at radius 1 is 1.08 bits per heavy atom. The highest BCUT2D eigenvalue weighted by Gasteiger charge is 2.22. The van der Waals surface area contributed by atoms with E-state index in [1.807, 2.05) is 31.2 Å². The second kappa shape index (κ2) is 6.39. The highest BCUT2D eigenvalue weighted by atomic mass is 35.5. The standard InChI is InChI=1S/C19H15ClF2O2S/c1-11-6-7-12(8-16(11)20)13-4-3-5-14(13)15-9-18(22)19(10-17(15)21)25(2,23)24/h3-4,6-10H,5H2,1-2H3. The molecule has 6 heteroatoms. The number of allylic oxidation sites excluding steroid dienone is 4. The van der Waals surface area contributed by atoms with Crippen molar-refractivity contribution >= 4 is 32.6 Å². The van der Waals surface area contributed by atoms with Crippen molar-refractivity contribution in [2.75, 3.05) is 6.26 Å². The Bertz CT molecular complexity index is 1040. The lowest BCUT2D eigenvalue weighted by molar-refractivity contribution is 0.554. The molecule has 0 heterocycles. The summed E-state index contributed by atoms with van der Waals surface area (Å²) < 4.78 is 51.8. The summed E-state index contributed by atoms with van der Waals surface area (Å²) in [5, 5.41) is 0.587. The largest absolute Gasteiger partial charge is 0.224 e. The summed E-state index contributed by atoms with van der Waals surface area (Å²) in [4.78, 5) is -0.639. The van der Waals surface area contributed by atoms with Crippen molar-refractivity contribution in [3.05, 3.63) is 75.8 Å². The lowest BCUT2D eigenvalue weighted by Gasteiger charge is -2.12. The van der Waals surface area contributed by atoms with Crippen LogP contribution in [-0.2, 0) is 9.84 Å². The molecule has 2 aromatic rings. The van der Waals surface area contributed by atoms with E-state index < -0.39 is 26.4 Å². The quantitative estimate of drug-likeness (QED) is 0.733. The van der Waals surface area contributed by atoms with Crippen molar-refractivity contribution in [1.82, 2.24) is 0 Å². The first-order valence-electron chi connectivity index (χ1n) is 7.54. The van der Waals surface area contributed by atoms with Crippen LogP contribution in [0.2, 0.25) is 5.02 Å². The van der Waals surface area contributed by atoms with Gasteiger partial charge in [-0.25, -0.2) is 17.2 Å². The molecule has 2 aromatic carbocycles. The normalized spacial score (nSPS) is 14.4. The van der Waals surface area contributed by atoms with Crippen LogP contribution in [0.5, 0.6) is 0 Å². The molecule has 0 saturated heterocycles. The topological polar surface area (TPSA) is 34.1 Å².